The number of nitrogens with zero attached hydrogens (tertiary/aromatic N) is 4. The maximum Gasteiger partial charge on any atom is 0.256 e. The van der Waals surface area contributed by atoms with Crippen LogP contribution in [0.1, 0.15) is 57.9 Å². The molecule has 192 valence electrons. The number of carbonyl (C=O) groups excluding carboxylic acids is 1. The van der Waals surface area contributed by atoms with Crippen LogP contribution in [0.2, 0.25) is 0 Å². The Kier molecular flexibility index (Phi) is 8.79. The summed E-state index contributed by atoms with van der Waals surface area (Å²) in [6, 6.07) is 10.7. The predicted octanol–water partition coefficient (Wildman–Crippen LogP) is 5.05. The number of hydrogen-bond donors (Lipinski definition) is 2. The first-order valence-corrected chi connectivity index (χ1v) is 12.6. The fraction of sp³-hybridized carbons (Fsp3) is 0.448. The third-order valence-corrected chi connectivity index (χ3v) is 6.29. The number of carbonyl (C=O) groups is 1. The lowest BCUT2D eigenvalue weighted by Gasteiger charge is -2.30. The second kappa shape index (κ2) is 11.6. The van der Waals surface area contributed by atoms with Gasteiger partial charge in [-0.1, -0.05) is 26.8 Å². The Morgan fingerprint density at radius 3 is 2.58 bits per heavy atom. The lowest BCUT2D eigenvalue weighted by atomic mass is 9.87. The molecule has 1 aliphatic rings. The summed E-state index contributed by atoms with van der Waals surface area (Å²) in [4.78, 5) is 28.8. The van der Waals surface area contributed by atoms with E-state index in [4.69, 9.17) is 4.99 Å². The Hall–Kier alpha value is -3.32. The van der Waals surface area contributed by atoms with Gasteiger partial charge < -0.3 is 15.5 Å². The average Bonchev–Trinajstić information content (AvgIpc) is 2.81. The number of pyridine rings is 1. The molecule has 1 atom stereocenters. The number of rotatable bonds is 7. The van der Waals surface area contributed by atoms with Gasteiger partial charge >= 0.3 is 0 Å². The van der Waals surface area contributed by atoms with Gasteiger partial charge in [0.15, 0.2) is 0 Å². The number of hydrogen-bond acceptors (Lipinski definition) is 5. The van der Waals surface area contributed by atoms with Crippen molar-refractivity contribution in [1.29, 1.82) is 0 Å². The van der Waals surface area contributed by atoms with E-state index in [0.29, 0.717) is 17.5 Å². The molecule has 2 N–H and O–H groups in total. The summed E-state index contributed by atoms with van der Waals surface area (Å²) in [5.74, 6) is 0.147. The summed E-state index contributed by atoms with van der Waals surface area (Å²) in [5, 5.41) is 6.32. The molecular weight excluding hydrogens is 448 g/mol. The first kappa shape index (κ1) is 27.3. The fourth-order valence-electron chi connectivity index (χ4n) is 4.23. The number of anilines is 1. The second-order valence-electron chi connectivity index (χ2n) is 10.9. The van der Waals surface area contributed by atoms with Crippen LogP contribution in [0.4, 0.5) is 11.4 Å². The van der Waals surface area contributed by atoms with Crippen LogP contribution in [-0.2, 0) is 23.1 Å². The van der Waals surface area contributed by atoms with E-state index in [1.165, 1.54) is 17.3 Å². The lowest BCUT2D eigenvalue weighted by molar-refractivity contribution is -0.117. The number of likely N-dealkylation sites (N-methyl/N-ethyl adjacent to an activating group) is 1. The number of nitrogens with one attached hydrogen (secondary N) is 2. The molecule has 0 radical (unpaired) electrons. The van der Waals surface area contributed by atoms with Gasteiger partial charge in [0, 0.05) is 41.3 Å². The number of aryl methyl sites for hydroxylation is 1. The van der Waals surface area contributed by atoms with Crippen molar-refractivity contribution in [3.8, 4) is 0 Å². The van der Waals surface area contributed by atoms with Gasteiger partial charge in [0.2, 0.25) is 0 Å². The molecular formula is C29H40N6O. The fourth-order valence-corrected chi connectivity index (χ4v) is 4.23. The van der Waals surface area contributed by atoms with Gasteiger partial charge in [0.25, 0.3) is 5.91 Å². The van der Waals surface area contributed by atoms with Crippen LogP contribution in [0, 0.1) is 0 Å². The minimum Gasteiger partial charge on any atom is -0.350 e. The van der Waals surface area contributed by atoms with Crippen LogP contribution in [0.3, 0.4) is 0 Å². The number of benzene rings is 1. The largest absolute Gasteiger partial charge is 0.350 e. The van der Waals surface area contributed by atoms with Crippen LogP contribution in [0.5, 0.6) is 0 Å². The van der Waals surface area contributed by atoms with E-state index in [0.717, 1.165) is 36.3 Å². The Morgan fingerprint density at radius 2 is 1.94 bits per heavy atom. The second-order valence-corrected chi connectivity index (χ2v) is 10.9. The van der Waals surface area contributed by atoms with Crippen molar-refractivity contribution in [3.05, 3.63) is 65.1 Å². The zero-order valence-corrected chi connectivity index (χ0v) is 22.7. The topological polar surface area (TPSA) is 82.0 Å². The Balaban J connectivity index is 2.04. The van der Waals surface area contributed by atoms with Gasteiger partial charge in [0.05, 0.1) is 5.69 Å². The summed E-state index contributed by atoms with van der Waals surface area (Å²) in [6.45, 7) is 13.8. The van der Waals surface area contributed by atoms with Gasteiger partial charge in [-0.15, -0.1) is 0 Å². The predicted molar refractivity (Wildman–Crippen MR) is 151 cm³/mol. The number of amidine groups is 1. The van der Waals surface area contributed by atoms with E-state index < -0.39 is 0 Å². The molecule has 1 amide bonds. The zero-order valence-electron chi connectivity index (χ0n) is 22.7. The molecule has 0 aliphatic heterocycles. The molecule has 1 aliphatic carbocycles. The smallest absolute Gasteiger partial charge is 0.256 e. The maximum absolute atomic E-state index is 13.1. The molecule has 0 spiro atoms. The molecule has 36 heavy (non-hydrogen) atoms. The highest BCUT2D eigenvalue weighted by Crippen LogP contribution is 2.28. The molecule has 0 saturated heterocycles. The molecule has 0 saturated carbocycles. The van der Waals surface area contributed by atoms with Crippen LogP contribution >= 0.6 is 0 Å². The molecule has 0 bridgehead atoms. The van der Waals surface area contributed by atoms with Crippen LogP contribution in [0.15, 0.2) is 58.3 Å². The molecule has 1 aromatic carbocycles. The van der Waals surface area contributed by atoms with Gasteiger partial charge in [-0.25, -0.2) is 4.99 Å². The molecule has 7 nitrogen and oxygen atoms in total. The summed E-state index contributed by atoms with van der Waals surface area (Å²) < 4.78 is 0. The number of fused-ring (bicyclic) bond motifs is 1. The quantitative estimate of drug-likeness (QED) is 0.325. The Bertz CT molecular complexity index is 1160. The van der Waals surface area contributed by atoms with Gasteiger partial charge in [-0.05, 0) is 89.3 Å². The first-order chi connectivity index (χ1) is 17.0. The molecule has 2 aromatic rings. The van der Waals surface area contributed by atoms with E-state index in [-0.39, 0.29) is 17.4 Å². The number of aromatic nitrogens is 1. The molecule has 1 aromatic heterocycles. The summed E-state index contributed by atoms with van der Waals surface area (Å²) in [6.07, 6.45) is 6.38. The van der Waals surface area contributed by atoms with Crippen LogP contribution in [0.25, 0.3) is 0 Å². The third kappa shape index (κ3) is 7.10. The first-order valence-electron chi connectivity index (χ1n) is 12.6. The van der Waals surface area contributed by atoms with Crippen molar-refractivity contribution < 1.29 is 4.79 Å². The summed E-state index contributed by atoms with van der Waals surface area (Å²) in [5.41, 5.74) is 5.40. The van der Waals surface area contributed by atoms with Gasteiger partial charge in [-0.2, -0.15) is 0 Å². The molecule has 1 unspecified atom stereocenters. The van der Waals surface area contributed by atoms with Gasteiger partial charge in [-0.3, -0.25) is 14.8 Å². The van der Waals surface area contributed by atoms with Crippen LogP contribution in [-0.4, -0.2) is 54.5 Å². The van der Waals surface area contributed by atoms with Crippen LogP contribution < -0.4 is 10.6 Å². The molecule has 1 heterocycles. The maximum atomic E-state index is 13.1. The molecule has 0 fully saturated rings. The highest BCUT2D eigenvalue weighted by Gasteiger charge is 2.22. The third-order valence-electron chi connectivity index (χ3n) is 6.29. The van der Waals surface area contributed by atoms with E-state index >= 15 is 0 Å². The van der Waals surface area contributed by atoms with Crippen molar-refractivity contribution in [2.24, 2.45) is 9.98 Å². The number of amides is 1. The van der Waals surface area contributed by atoms with Crippen molar-refractivity contribution in [2.75, 3.05) is 19.4 Å². The van der Waals surface area contributed by atoms with Crippen molar-refractivity contribution in [3.63, 3.8) is 0 Å². The molecule has 7 heteroatoms. The van der Waals surface area contributed by atoms with E-state index in [2.05, 4.69) is 79.2 Å². The van der Waals surface area contributed by atoms with Gasteiger partial charge in [0.1, 0.15) is 11.4 Å². The minimum atomic E-state index is -0.263. The molecule has 3 rings (SSSR count). The Labute approximate surface area is 215 Å². The van der Waals surface area contributed by atoms with Crippen molar-refractivity contribution >= 4 is 29.8 Å². The number of aliphatic imine (C=N–C) groups is 2. The normalized spacial score (nSPS) is 16.6. The highest BCUT2D eigenvalue weighted by molar-refractivity contribution is 6.25. The summed E-state index contributed by atoms with van der Waals surface area (Å²) >= 11 is 0. The van der Waals surface area contributed by atoms with E-state index in [1.54, 1.807) is 6.20 Å². The zero-order chi connectivity index (χ0) is 26.5. The minimum absolute atomic E-state index is 0.0335. The monoisotopic (exact) mass is 488 g/mol. The van der Waals surface area contributed by atoms with E-state index in [9.17, 15) is 4.79 Å². The van der Waals surface area contributed by atoms with Crippen molar-refractivity contribution in [1.82, 2.24) is 15.2 Å². The van der Waals surface area contributed by atoms with Crippen molar-refractivity contribution in [2.45, 2.75) is 71.4 Å². The lowest BCUT2D eigenvalue weighted by Crippen LogP contribution is -2.35. The SMILES string of the molecule is C=N/C=C(C(=O)NC(C)C)\C(=N/c1ccc2c(c1)CCC(N(C)C)C2)Nc1ccnc(C(C)(C)C)c1. The average molecular weight is 489 g/mol. The summed E-state index contributed by atoms with van der Waals surface area (Å²) in [7, 11) is 4.28. The standard InChI is InChI=1S/C29H40N6O/c1-19(2)32-28(36)25(18-30-6)27(34-23-13-14-31-26(17-23)29(3,4)5)33-22-11-9-21-16-24(35(7)8)12-10-20(21)15-22/h9,11,13-15,17-19,24H,6,10,12,16H2,1-5,7-8H3,(H,32,36)(H,31,33,34)/b25-18+. The Morgan fingerprint density at radius 1 is 1.19 bits per heavy atom. The highest BCUT2D eigenvalue weighted by atomic mass is 16.1. The van der Waals surface area contributed by atoms with E-state index in [1.807, 2.05) is 32.0 Å².